The number of carbonyl (C=O) groups excluding carboxylic acids is 2. The zero-order valence-electron chi connectivity index (χ0n) is 22.7. The second-order valence-electron chi connectivity index (χ2n) is 12.2. The summed E-state index contributed by atoms with van der Waals surface area (Å²) >= 11 is 0. The average molecular weight is 512 g/mol. The highest BCUT2D eigenvalue weighted by atomic mass is 16.7. The maximum absolute atomic E-state index is 13.5. The summed E-state index contributed by atoms with van der Waals surface area (Å²) in [6.45, 7) is 6.79. The molecule has 3 heterocycles. The molecule has 2 unspecified atom stereocenters. The van der Waals surface area contributed by atoms with Crippen molar-refractivity contribution in [2.24, 2.45) is 11.7 Å². The summed E-state index contributed by atoms with van der Waals surface area (Å²) in [5.74, 6) is 0.161. The molecule has 1 aromatic carbocycles. The molecular formula is C30H45N3O4. The maximum atomic E-state index is 13.5. The van der Waals surface area contributed by atoms with Crippen LogP contribution in [0.1, 0.15) is 99.9 Å². The van der Waals surface area contributed by atoms with Crippen molar-refractivity contribution < 1.29 is 19.1 Å². The Hall–Kier alpha value is -1.96. The highest BCUT2D eigenvalue weighted by Gasteiger charge is 2.42. The van der Waals surface area contributed by atoms with Crippen molar-refractivity contribution in [2.45, 2.75) is 108 Å². The fraction of sp³-hybridized carbons (Fsp3) is 0.733. The highest BCUT2D eigenvalue weighted by Crippen LogP contribution is 2.43. The fourth-order valence-corrected chi connectivity index (χ4v) is 7.29. The van der Waals surface area contributed by atoms with E-state index in [0.717, 1.165) is 38.9 Å². The van der Waals surface area contributed by atoms with E-state index in [0.29, 0.717) is 36.1 Å². The Balaban J connectivity index is 1.17. The fourth-order valence-electron chi connectivity index (χ4n) is 7.29. The Labute approximate surface area is 222 Å². The smallest absolute Gasteiger partial charge is 0.254 e. The van der Waals surface area contributed by atoms with E-state index in [1.165, 1.54) is 50.5 Å². The minimum atomic E-state index is -0.683. The van der Waals surface area contributed by atoms with Gasteiger partial charge in [-0.3, -0.25) is 14.5 Å². The van der Waals surface area contributed by atoms with E-state index >= 15 is 0 Å². The van der Waals surface area contributed by atoms with Crippen molar-refractivity contribution in [3.8, 4) is 0 Å². The zero-order valence-corrected chi connectivity index (χ0v) is 22.7. The second-order valence-corrected chi connectivity index (χ2v) is 12.2. The molecule has 7 nitrogen and oxygen atoms in total. The van der Waals surface area contributed by atoms with Gasteiger partial charge in [-0.05, 0) is 88.3 Å². The standard InChI is InChI=1S/C30H45N3O4/c1-30(2)36-20-27(37-30)29(35)32(19-21-8-4-3-5-9-21)14-7-15-33-25-12-13-26(33)18-24(17-25)22-10-6-11-23(16-22)28(31)34/h6,10-11,16,21,24-27H,3-5,7-9,12-15,17-20H2,1-2H3,(H2,31,34)/t24?,25?,26?,27-/m0/s1. The van der Waals surface area contributed by atoms with Crippen LogP contribution < -0.4 is 5.73 Å². The van der Waals surface area contributed by atoms with Gasteiger partial charge in [-0.15, -0.1) is 0 Å². The van der Waals surface area contributed by atoms with Crippen molar-refractivity contribution in [3.63, 3.8) is 0 Å². The van der Waals surface area contributed by atoms with Crippen LogP contribution in [0, 0.1) is 5.92 Å². The van der Waals surface area contributed by atoms with Crippen LogP contribution in [-0.2, 0) is 14.3 Å². The predicted octanol–water partition coefficient (Wildman–Crippen LogP) is 4.45. The number of carbonyl (C=O) groups is 2. The molecule has 3 saturated heterocycles. The van der Waals surface area contributed by atoms with E-state index < -0.39 is 11.9 Å². The maximum Gasteiger partial charge on any atom is 0.254 e. The third-order valence-electron chi connectivity index (χ3n) is 9.17. The van der Waals surface area contributed by atoms with E-state index in [9.17, 15) is 9.59 Å². The van der Waals surface area contributed by atoms with Crippen LogP contribution in [0.3, 0.4) is 0 Å². The van der Waals surface area contributed by atoms with E-state index in [2.05, 4.69) is 15.9 Å². The predicted molar refractivity (Wildman–Crippen MR) is 143 cm³/mol. The molecule has 0 aromatic heterocycles. The van der Waals surface area contributed by atoms with Crippen molar-refractivity contribution in [1.82, 2.24) is 9.80 Å². The summed E-state index contributed by atoms with van der Waals surface area (Å²) in [7, 11) is 0. The first-order chi connectivity index (χ1) is 17.8. The Morgan fingerprint density at radius 2 is 1.81 bits per heavy atom. The number of primary amides is 1. The van der Waals surface area contributed by atoms with Crippen LogP contribution in [0.4, 0.5) is 0 Å². The number of rotatable bonds is 9. The number of nitrogens with two attached hydrogens (primary N) is 1. The topological polar surface area (TPSA) is 85.1 Å². The summed E-state index contributed by atoms with van der Waals surface area (Å²) in [5, 5.41) is 0. The van der Waals surface area contributed by atoms with Gasteiger partial charge in [0.25, 0.3) is 5.91 Å². The zero-order chi connectivity index (χ0) is 26.0. The summed E-state index contributed by atoms with van der Waals surface area (Å²) < 4.78 is 11.7. The SMILES string of the molecule is CC1(C)OC[C@@H](C(=O)N(CCCN2C3CCC2CC(c2cccc(C(N)=O)c2)C3)CC2CCCCC2)O1. The Bertz CT molecular complexity index is 946. The third-order valence-corrected chi connectivity index (χ3v) is 9.17. The molecule has 3 aliphatic heterocycles. The summed E-state index contributed by atoms with van der Waals surface area (Å²) in [4.78, 5) is 29.9. The summed E-state index contributed by atoms with van der Waals surface area (Å²) in [6, 6.07) is 9.07. The number of hydrogen-bond donors (Lipinski definition) is 1. The molecule has 1 aromatic rings. The molecule has 0 spiro atoms. The van der Waals surface area contributed by atoms with Gasteiger partial charge in [0.15, 0.2) is 11.9 Å². The number of amides is 2. The lowest BCUT2D eigenvalue weighted by molar-refractivity contribution is -0.160. The number of ether oxygens (including phenoxy) is 2. The molecule has 4 fully saturated rings. The first kappa shape index (κ1) is 26.6. The first-order valence-electron chi connectivity index (χ1n) is 14.5. The molecule has 5 rings (SSSR count). The van der Waals surface area contributed by atoms with Crippen LogP contribution in [0.2, 0.25) is 0 Å². The lowest BCUT2D eigenvalue weighted by atomic mass is 9.84. The number of benzene rings is 1. The Morgan fingerprint density at radius 1 is 1.08 bits per heavy atom. The molecule has 2 bridgehead atoms. The molecule has 0 radical (unpaired) electrons. The summed E-state index contributed by atoms with van der Waals surface area (Å²) in [5.41, 5.74) is 7.38. The lowest BCUT2D eigenvalue weighted by Gasteiger charge is -2.40. The molecule has 2 amide bonds. The molecule has 1 saturated carbocycles. The Kier molecular flexibility index (Phi) is 8.22. The van der Waals surface area contributed by atoms with E-state index in [-0.39, 0.29) is 11.8 Å². The minimum Gasteiger partial charge on any atom is -0.366 e. The van der Waals surface area contributed by atoms with Crippen LogP contribution in [0.15, 0.2) is 24.3 Å². The second kappa shape index (κ2) is 11.4. The largest absolute Gasteiger partial charge is 0.366 e. The van der Waals surface area contributed by atoms with E-state index in [1.54, 1.807) is 6.07 Å². The van der Waals surface area contributed by atoms with Crippen molar-refractivity contribution in [2.75, 3.05) is 26.2 Å². The van der Waals surface area contributed by atoms with Crippen LogP contribution in [0.25, 0.3) is 0 Å². The van der Waals surface area contributed by atoms with Gasteiger partial charge in [0, 0.05) is 37.3 Å². The first-order valence-corrected chi connectivity index (χ1v) is 14.5. The van der Waals surface area contributed by atoms with Crippen LogP contribution in [-0.4, -0.2) is 71.8 Å². The van der Waals surface area contributed by atoms with Crippen LogP contribution >= 0.6 is 0 Å². The van der Waals surface area contributed by atoms with Crippen molar-refractivity contribution in [3.05, 3.63) is 35.4 Å². The van der Waals surface area contributed by atoms with Crippen molar-refractivity contribution in [1.29, 1.82) is 0 Å². The van der Waals surface area contributed by atoms with Gasteiger partial charge < -0.3 is 20.1 Å². The number of hydrogen-bond acceptors (Lipinski definition) is 5. The number of fused-ring (bicyclic) bond motifs is 2. The van der Waals surface area contributed by atoms with Gasteiger partial charge >= 0.3 is 0 Å². The minimum absolute atomic E-state index is 0.104. The Morgan fingerprint density at radius 3 is 2.46 bits per heavy atom. The average Bonchev–Trinajstić information content (AvgIpc) is 3.36. The quantitative estimate of drug-likeness (QED) is 0.530. The lowest BCUT2D eigenvalue weighted by Crippen LogP contribution is -2.46. The van der Waals surface area contributed by atoms with Crippen molar-refractivity contribution >= 4 is 11.8 Å². The van der Waals surface area contributed by atoms with Crippen LogP contribution in [0.5, 0.6) is 0 Å². The highest BCUT2D eigenvalue weighted by molar-refractivity contribution is 5.92. The summed E-state index contributed by atoms with van der Waals surface area (Å²) in [6.07, 6.45) is 11.6. The number of nitrogens with zero attached hydrogens (tertiary/aromatic N) is 2. The molecule has 7 heteroatoms. The van der Waals surface area contributed by atoms with E-state index in [1.807, 2.05) is 26.0 Å². The molecule has 37 heavy (non-hydrogen) atoms. The number of piperidine rings is 1. The van der Waals surface area contributed by atoms with Gasteiger partial charge in [0.2, 0.25) is 5.91 Å². The van der Waals surface area contributed by atoms with Gasteiger partial charge in [0.1, 0.15) is 0 Å². The van der Waals surface area contributed by atoms with Gasteiger partial charge in [0.05, 0.1) is 6.61 Å². The molecule has 2 N–H and O–H groups in total. The molecular weight excluding hydrogens is 466 g/mol. The van der Waals surface area contributed by atoms with Gasteiger partial charge in [-0.1, -0.05) is 31.4 Å². The molecule has 1 aliphatic carbocycles. The van der Waals surface area contributed by atoms with E-state index in [4.69, 9.17) is 15.2 Å². The monoisotopic (exact) mass is 511 g/mol. The molecule has 204 valence electrons. The van der Waals surface area contributed by atoms with Gasteiger partial charge in [-0.2, -0.15) is 0 Å². The normalized spacial score (nSPS) is 29.9. The van der Waals surface area contributed by atoms with Gasteiger partial charge in [-0.25, -0.2) is 0 Å². The third kappa shape index (κ3) is 6.37. The molecule has 3 atom stereocenters. The molecule has 4 aliphatic rings.